The monoisotopic (exact) mass is 378 g/mol. The van der Waals surface area contributed by atoms with E-state index in [9.17, 15) is 9.59 Å². The summed E-state index contributed by atoms with van der Waals surface area (Å²) < 4.78 is 5.72. The van der Waals surface area contributed by atoms with Crippen LogP contribution in [0.4, 0.5) is 0 Å². The lowest BCUT2D eigenvalue weighted by Gasteiger charge is -2.31. The highest BCUT2D eigenvalue weighted by atomic mass is 16.5. The van der Waals surface area contributed by atoms with Crippen molar-refractivity contribution in [1.82, 2.24) is 9.80 Å². The molecule has 0 aromatic heterocycles. The van der Waals surface area contributed by atoms with E-state index < -0.39 is 0 Å². The zero-order valence-corrected chi connectivity index (χ0v) is 16.3. The topological polar surface area (TPSA) is 49.9 Å². The van der Waals surface area contributed by atoms with Crippen molar-refractivity contribution < 1.29 is 14.3 Å². The maximum atomic E-state index is 13.3. The lowest BCUT2D eigenvalue weighted by atomic mass is 10.1. The maximum absolute atomic E-state index is 13.3. The molecule has 0 radical (unpaired) electrons. The third-order valence-electron chi connectivity index (χ3n) is 5.69. The van der Waals surface area contributed by atoms with E-state index in [-0.39, 0.29) is 17.9 Å². The molecule has 1 fully saturated rings. The van der Waals surface area contributed by atoms with E-state index >= 15 is 0 Å². The molecule has 0 aliphatic carbocycles. The van der Waals surface area contributed by atoms with Gasteiger partial charge in [-0.2, -0.15) is 0 Å². The first-order chi connectivity index (χ1) is 13.7. The highest BCUT2D eigenvalue weighted by Gasteiger charge is 2.32. The fraction of sp³-hybridized carbons (Fsp3) is 0.391. The van der Waals surface area contributed by atoms with Crippen molar-refractivity contribution in [2.45, 2.75) is 38.8 Å². The second-order valence-electron chi connectivity index (χ2n) is 7.46. The maximum Gasteiger partial charge on any atom is 0.257 e. The van der Waals surface area contributed by atoms with Gasteiger partial charge in [0.15, 0.2) is 0 Å². The summed E-state index contributed by atoms with van der Waals surface area (Å²) in [5, 5.41) is 0. The largest absolute Gasteiger partial charge is 0.492 e. The van der Waals surface area contributed by atoms with Crippen LogP contribution in [-0.4, -0.2) is 47.4 Å². The van der Waals surface area contributed by atoms with Gasteiger partial charge in [-0.3, -0.25) is 9.59 Å². The van der Waals surface area contributed by atoms with Gasteiger partial charge in [-0.1, -0.05) is 49.4 Å². The summed E-state index contributed by atoms with van der Waals surface area (Å²) in [7, 11) is 0. The van der Waals surface area contributed by atoms with Crippen LogP contribution >= 0.6 is 0 Å². The molecule has 1 saturated heterocycles. The molecule has 2 aromatic carbocycles. The first kappa shape index (κ1) is 18.5. The Morgan fingerprint density at radius 2 is 1.93 bits per heavy atom. The van der Waals surface area contributed by atoms with Gasteiger partial charge in [-0.25, -0.2) is 0 Å². The van der Waals surface area contributed by atoms with E-state index in [2.05, 4.69) is 6.92 Å². The fourth-order valence-corrected chi connectivity index (χ4v) is 4.11. The Morgan fingerprint density at radius 3 is 2.71 bits per heavy atom. The van der Waals surface area contributed by atoms with E-state index in [1.807, 2.05) is 58.3 Å². The van der Waals surface area contributed by atoms with Crippen LogP contribution in [0, 0.1) is 0 Å². The predicted octanol–water partition coefficient (Wildman–Crippen LogP) is 3.27. The fourth-order valence-electron chi connectivity index (χ4n) is 4.11. The summed E-state index contributed by atoms with van der Waals surface area (Å²) >= 11 is 0. The Hall–Kier alpha value is -2.82. The molecule has 5 heteroatoms. The van der Waals surface area contributed by atoms with Crippen molar-refractivity contribution in [2.75, 3.05) is 19.7 Å². The summed E-state index contributed by atoms with van der Waals surface area (Å²) in [5.74, 6) is 0.796. The van der Waals surface area contributed by atoms with Crippen LogP contribution < -0.4 is 4.74 Å². The smallest absolute Gasteiger partial charge is 0.257 e. The Kier molecular flexibility index (Phi) is 5.33. The van der Waals surface area contributed by atoms with Crippen LogP contribution in [0.5, 0.6) is 5.75 Å². The van der Waals surface area contributed by atoms with Gasteiger partial charge in [0.05, 0.1) is 12.2 Å². The second-order valence-corrected chi connectivity index (χ2v) is 7.46. The molecule has 0 spiro atoms. The molecule has 4 rings (SSSR count). The number of hydrogen-bond acceptors (Lipinski definition) is 3. The Bertz CT molecular complexity index is 865. The number of carbonyl (C=O) groups is 2. The van der Waals surface area contributed by atoms with Crippen LogP contribution in [0.15, 0.2) is 48.5 Å². The minimum absolute atomic E-state index is 0.0110. The van der Waals surface area contributed by atoms with Crippen LogP contribution in [-0.2, 0) is 17.8 Å². The summed E-state index contributed by atoms with van der Waals surface area (Å²) in [6, 6.07) is 15.8. The number of para-hydroxylation sites is 1. The van der Waals surface area contributed by atoms with Crippen LogP contribution in [0.3, 0.4) is 0 Å². The highest BCUT2D eigenvalue weighted by molar-refractivity contribution is 5.98. The van der Waals surface area contributed by atoms with Gasteiger partial charge < -0.3 is 14.5 Å². The van der Waals surface area contributed by atoms with E-state index in [1.165, 1.54) is 0 Å². The third kappa shape index (κ3) is 3.61. The van der Waals surface area contributed by atoms with E-state index in [0.29, 0.717) is 38.2 Å². The molecule has 0 unspecified atom stereocenters. The van der Waals surface area contributed by atoms with Gasteiger partial charge >= 0.3 is 0 Å². The van der Waals surface area contributed by atoms with Gasteiger partial charge in [0.25, 0.3) is 5.91 Å². The molecule has 1 atom stereocenters. The number of carbonyl (C=O) groups excluding carboxylic acids is 2. The predicted molar refractivity (Wildman–Crippen MR) is 107 cm³/mol. The molecule has 2 aromatic rings. The molecule has 146 valence electrons. The third-order valence-corrected chi connectivity index (χ3v) is 5.69. The van der Waals surface area contributed by atoms with Crippen LogP contribution in [0.2, 0.25) is 0 Å². The van der Waals surface area contributed by atoms with E-state index in [4.69, 9.17) is 4.74 Å². The second kappa shape index (κ2) is 8.05. The summed E-state index contributed by atoms with van der Waals surface area (Å²) in [4.78, 5) is 29.9. The number of nitrogens with zero attached hydrogens (tertiary/aromatic N) is 2. The van der Waals surface area contributed by atoms with Crippen molar-refractivity contribution in [2.24, 2.45) is 0 Å². The highest BCUT2D eigenvalue weighted by Crippen LogP contribution is 2.31. The van der Waals surface area contributed by atoms with E-state index in [0.717, 1.165) is 29.7 Å². The Balaban J connectivity index is 1.55. The van der Waals surface area contributed by atoms with Crippen molar-refractivity contribution in [3.05, 3.63) is 65.2 Å². The number of amides is 2. The van der Waals surface area contributed by atoms with Gasteiger partial charge in [-0.15, -0.1) is 0 Å². The quantitative estimate of drug-likeness (QED) is 0.820. The lowest BCUT2D eigenvalue weighted by Crippen LogP contribution is -2.43. The number of rotatable bonds is 4. The Morgan fingerprint density at radius 1 is 1.11 bits per heavy atom. The first-order valence-corrected chi connectivity index (χ1v) is 10.0. The zero-order valence-electron chi connectivity index (χ0n) is 16.3. The first-order valence-electron chi connectivity index (χ1n) is 10.0. The normalized spacial score (nSPS) is 19.2. The number of ether oxygens (including phenoxy) is 1. The minimum Gasteiger partial charge on any atom is -0.492 e. The average Bonchev–Trinajstić information content (AvgIpc) is 3.15. The van der Waals surface area contributed by atoms with E-state index in [1.54, 1.807) is 0 Å². The summed E-state index contributed by atoms with van der Waals surface area (Å²) in [5.41, 5.74) is 2.83. The SMILES string of the molecule is CC[C@@H]1CN(C(=O)c2cccc3c2OCC3)CCC(=O)N1Cc1ccccc1. The lowest BCUT2D eigenvalue weighted by molar-refractivity contribution is -0.133. The van der Waals surface area contributed by atoms with Crippen molar-refractivity contribution in [3.63, 3.8) is 0 Å². The zero-order chi connectivity index (χ0) is 19.5. The van der Waals surface area contributed by atoms with Gasteiger partial charge in [0.1, 0.15) is 5.75 Å². The van der Waals surface area contributed by atoms with Gasteiger partial charge in [-0.05, 0) is 23.6 Å². The standard InChI is InChI=1S/C23H26N2O3/c1-2-19-16-24(23(27)20-10-6-9-18-12-14-28-22(18)20)13-11-21(26)25(19)15-17-7-4-3-5-8-17/h3-10,19H,2,11-16H2,1H3/t19-/m1/s1. The minimum atomic E-state index is -0.0356. The average molecular weight is 378 g/mol. The number of benzene rings is 2. The summed E-state index contributed by atoms with van der Waals surface area (Å²) in [6.07, 6.45) is 2.01. The molecule has 2 aliphatic heterocycles. The molecule has 2 amide bonds. The molecule has 0 N–H and O–H groups in total. The molecule has 28 heavy (non-hydrogen) atoms. The van der Waals surface area contributed by atoms with Crippen LogP contribution in [0.1, 0.15) is 41.3 Å². The summed E-state index contributed by atoms with van der Waals surface area (Å²) in [6.45, 7) is 4.29. The molecule has 2 heterocycles. The Labute approximate surface area is 165 Å². The molecule has 5 nitrogen and oxygen atoms in total. The van der Waals surface area contributed by atoms with Crippen molar-refractivity contribution in [1.29, 1.82) is 0 Å². The molecular formula is C23H26N2O3. The van der Waals surface area contributed by atoms with Crippen molar-refractivity contribution >= 4 is 11.8 Å². The molecule has 0 saturated carbocycles. The number of fused-ring (bicyclic) bond motifs is 1. The molecule has 2 aliphatic rings. The van der Waals surface area contributed by atoms with Crippen LogP contribution in [0.25, 0.3) is 0 Å². The van der Waals surface area contributed by atoms with Gasteiger partial charge in [0.2, 0.25) is 5.91 Å². The number of hydrogen-bond donors (Lipinski definition) is 0. The molecular weight excluding hydrogens is 352 g/mol. The molecule has 0 bridgehead atoms. The van der Waals surface area contributed by atoms with Crippen molar-refractivity contribution in [3.8, 4) is 5.75 Å². The van der Waals surface area contributed by atoms with Gasteiger partial charge in [0, 0.05) is 38.5 Å².